The fraction of sp³-hybridized carbons (Fsp3) is 0.312. The van der Waals surface area contributed by atoms with Crippen molar-refractivity contribution in [3.05, 3.63) is 30.5 Å². The number of ether oxygens (including phenoxy) is 1. The lowest BCUT2D eigenvalue weighted by atomic mass is 10.2. The number of rotatable bonds is 3. The molecule has 2 aromatic heterocycles. The summed E-state index contributed by atoms with van der Waals surface area (Å²) in [6, 6.07) is 8.18. The maximum absolute atomic E-state index is 12.4. The van der Waals surface area contributed by atoms with E-state index in [2.05, 4.69) is 49.7 Å². The summed E-state index contributed by atoms with van der Waals surface area (Å²) >= 11 is 1.21. The van der Waals surface area contributed by atoms with E-state index in [1.165, 1.54) is 29.5 Å². The molecule has 9 heteroatoms. The van der Waals surface area contributed by atoms with Crippen molar-refractivity contribution in [2.75, 3.05) is 43.5 Å². The van der Waals surface area contributed by atoms with Gasteiger partial charge < -0.3 is 19.5 Å². The summed E-state index contributed by atoms with van der Waals surface area (Å²) in [6.45, 7) is 2.89. The number of amides is 2. The Bertz CT molecular complexity index is 884. The van der Waals surface area contributed by atoms with Gasteiger partial charge in [0.2, 0.25) is 5.13 Å². The third-order valence-electron chi connectivity index (χ3n) is 4.27. The highest BCUT2D eigenvalue weighted by molar-refractivity contribution is 7.17. The molecule has 2 N–H and O–H groups in total. The van der Waals surface area contributed by atoms with E-state index in [1.54, 1.807) is 4.90 Å². The van der Waals surface area contributed by atoms with E-state index in [0.29, 0.717) is 23.4 Å². The molecule has 1 fully saturated rings. The number of hydrogen-bond donors (Lipinski definition) is 2. The minimum atomic E-state index is -0.154. The van der Waals surface area contributed by atoms with Gasteiger partial charge >= 0.3 is 6.03 Å². The van der Waals surface area contributed by atoms with Crippen LogP contribution in [-0.4, -0.2) is 59.4 Å². The van der Waals surface area contributed by atoms with Gasteiger partial charge in [0.25, 0.3) is 5.19 Å². The monoisotopic (exact) mass is 358 g/mol. The number of aromatic nitrogens is 3. The lowest BCUT2D eigenvalue weighted by Gasteiger charge is -2.36. The Labute approximate surface area is 148 Å². The van der Waals surface area contributed by atoms with Crippen molar-refractivity contribution in [3.8, 4) is 5.19 Å². The zero-order chi connectivity index (χ0) is 17.2. The number of H-pyrrole nitrogens is 1. The van der Waals surface area contributed by atoms with Gasteiger partial charge in [-0.25, -0.2) is 4.79 Å². The van der Waals surface area contributed by atoms with Crippen LogP contribution in [0.15, 0.2) is 30.5 Å². The third kappa shape index (κ3) is 3.10. The first-order valence-electron chi connectivity index (χ1n) is 7.99. The van der Waals surface area contributed by atoms with Crippen LogP contribution in [0.25, 0.3) is 10.9 Å². The largest absolute Gasteiger partial charge is 0.472 e. The fourth-order valence-corrected chi connectivity index (χ4v) is 3.56. The van der Waals surface area contributed by atoms with Crippen LogP contribution in [-0.2, 0) is 0 Å². The van der Waals surface area contributed by atoms with E-state index in [0.717, 1.165) is 18.6 Å². The highest BCUT2D eigenvalue weighted by atomic mass is 32.1. The number of hydrogen-bond acceptors (Lipinski definition) is 6. The van der Waals surface area contributed by atoms with Crippen LogP contribution < -0.4 is 15.0 Å². The lowest BCUT2D eigenvalue weighted by Crippen LogP contribution is -2.50. The predicted octanol–water partition coefficient (Wildman–Crippen LogP) is 2.38. The molecule has 0 spiro atoms. The summed E-state index contributed by atoms with van der Waals surface area (Å²) in [5, 5.41) is 12.6. The summed E-state index contributed by atoms with van der Waals surface area (Å²) in [6.07, 6.45) is 1.95. The average Bonchev–Trinajstić information content (AvgIpc) is 3.30. The minimum Gasteiger partial charge on any atom is -0.472 e. The number of carbonyl (C=O) groups excluding carboxylic acids is 1. The molecule has 8 nitrogen and oxygen atoms in total. The van der Waals surface area contributed by atoms with E-state index in [1.807, 2.05) is 6.20 Å². The van der Waals surface area contributed by atoms with Crippen molar-refractivity contribution in [3.63, 3.8) is 0 Å². The summed E-state index contributed by atoms with van der Waals surface area (Å²) in [7, 11) is 1.52. The minimum absolute atomic E-state index is 0.154. The highest BCUT2D eigenvalue weighted by Gasteiger charge is 2.23. The van der Waals surface area contributed by atoms with E-state index in [-0.39, 0.29) is 6.03 Å². The molecule has 1 saturated heterocycles. The number of carbonyl (C=O) groups is 1. The Morgan fingerprint density at radius 2 is 2.08 bits per heavy atom. The summed E-state index contributed by atoms with van der Waals surface area (Å²) < 4.78 is 4.98. The smallest absolute Gasteiger partial charge is 0.323 e. The number of aromatic amines is 1. The fourth-order valence-electron chi connectivity index (χ4n) is 3.01. The maximum atomic E-state index is 12.4. The molecule has 1 aliphatic rings. The molecule has 25 heavy (non-hydrogen) atoms. The molecule has 0 aliphatic carbocycles. The molecule has 4 rings (SSSR count). The second-order valence-electron chi connectivity index (χ2n) is 5.70. The Morgan fingerprint density at radius 3 is 2.84 bits per heavy atom. The van der Waals surface area contributed by atoms with Crippen molar-refractivity contribution in [2.24, 2.45) is 0 Å². The summed E-state index contributed by atoms with van der Waals surface area (Å²) in [4.78, 5) is 19.7. The van der Waals surface area contributed by atoms with E-state index in [4.69, 9.17) is 4.74 Å². The third-order valence-corrected chi connectivity index (χ3v) is 5.07. The Hall–Kier alpha value is -2.81. The van der Waals surface area contributed by atoms with Crippen LogP contribution in [0.3, 0.4) is 0 Å². The van der Waals surface area contributed by atoms with Gasteiger partial charge in [0.1, 0.15) is 0 Å². The van der Waals surface area contributed by atoms with E-state index < -0.39 is 0 Å². The number of anilines is 2. The van der Waals surface area contributed by atoms with Crippen LogP contribution in [0.4, 0.5) is 15.6 Å². The van der Waals surface area contributed by atoms with Crippen LogP contribution >= 0.6 is 11.3 Å². The Kier molecular flexibility index (Phi) is 4.14. The van der Waals surface area contributed by atoms with Crippen molar-refractivity contribution in [2.45, 2.75) is 0 Å². The van der Waals surface area contributed by atoms with E-state index >= 15 is 0 Å². The van der Waals surface area contributed by atoms with Crippen LogP contribution in [0.5, 0.6) is 5.19 Å². The Balaban J connectivity index is 1.39. The number of nitrogens with zero attached hydrogens (tertiary/aromatic N) is 4. The van der Waals surface area contributed by atoms with Crippen LogP contribution in [0, 0.1) is 0 Å². The van der Waals surface area contributed by atoms with Crippen molar-refractivity contribution < 1.29 is 9.53 Å². The molecule has 0 bridgehead atoms. The van der Waals surface area contributed by atoms with Crippen molar-refractivity contribution >= 4 is 39.1 Å². The van der Waals surface area contributed by atoms with Crippen molar-refractivity contribution in [1.82, 2.24) is 20.1 Å². The van der Waals surface area contributed by atoms with Gasteiger partial charge in [0.05, 0.1) is 7.11 Å². The second kappa shape index (κ2) is 6.60. The Morgan fingerprint density at radius 1 is 1.24 bits per heavy atom. The van der Waals surface area contributed by atoms with Crippen LogP contribution in [0.1, 0.15) is 0 Å². The standard InChI is InChI=1S/C16H18N6O2S/c1-24-16-20-19-14(25-16)18-15(23)22-9-7-21(8-10-22)13-4-2-3-12-11(13)5-6-17-12/h2-6,17H,7-10H2,1H3,(H,18,19,23). The normalized spacial score (nSPS) is 14.8. The molecule has 2 amide bonds. The molecule has 0 saturated carbocycles. The first-order chi connectivity index (χ1) is 12.2. The number of methoxy groups -OCH3 is 1. The number of urea groups is 1. The number of nitrogens with one attached hydrogen (secondary N) is 2. The average molecular weight is 358 g/mol. The summed E-state index contributed by atoms with van der Waals surface area (Å²) in [5.74, 6) is 0. The molecule has 130 valence electrons. The lowest BCUT2D eigenvalue weighted by molar-refractivity contribution is 0.208. The van der Waals surface area contributed by atoms with Gasteiger partial charge in [0, 0.05) is 49.0 Å². The molecule has 0 radical (unpaired) electrons. The molecular weight excluding hydrogens is 340 g/mol. The summed E-state index contributed by atoms with van der Waals surface area (Å²) in [5.41, 5.74) is 2.33. The van der Waals surface area contributed by atoms with Gasteiger partial charge in [-0.3, -0.25) is 5.32 Å². The number of fused-ring (bicyclic) bond motifs is 1. The molecule has 0 atom stereocenters. The van der Waals surface area contributed by atoms with Crippen molar-refractivity contribution in [1.29, 1.82) is 0 Å². The SMILES string of the molecule is COc1nnc(NC(=O)N2CCN(c3cccc4[nH]ccc34)CC2)s1. The first-order valence-corrected chi connectivity index (χ1v) is 8.81. The molecule has 1 aromatic carbocycles. The maximum Gasteiger partial charge on any atom is 0.323 e. The van der Waals surface area contributed by atoms with Gasteiger partial charge in [-0.15, -0.1) is 5.10 Å². The zero-order valence-electron chi connectivity index (χ0n) is 13.7. The van der Waals surface area contributed by atoms with E-state index in [9.17, 15) is 4.79 Å². The first kappa shape index (κ1) is 15.7. The number of piperazine rings is 1. The zero-order valence-corrected chi connectivity index (χ0v) is 14.5. The van der Waals surface area contributed by atoms with Gasteiger partial charge in [-0.1, -0.05) is 11.2 Å². The molecule has 3 aromatic rings. The predicted molar refractivity (Wildman–Crippen MR) is 97.6 cm³/mol. The van der Waals surface area contributed by atoms with Gasteiger partial charge in [-0.2, -0.15) is 0 Å². The molecule has 3 heterocycles. The number of benzene rings is 1. The van der Waals surface area contributed by atoms with Gasteiger partial charge in [0.15, 0.2) is 0 Å². The van der Waals surface area contributed by atoms with Crippen LogP contribution in [0.2, 0.25) is 0 Å². The molecule has 0 unspecified atom stereocenters. The molecular formula is C16H18N6O2S. The molecule has 1 aliphatic heterocycles. The topological polar surface area (TPSA) is 86.4 Å². The quantitative estimate of drug-likeness (QED) is 0.751. The second-order valence-corrected chi connectivity index (χ2v) is 6.64. The highest BCUT2D eigenvalue weighted by Crippen LogP contribution is 2.27. The van der Waals surface area contributed by atoms with Gasteiger partial charge in [-0.05, 0) is 29.5 Å².